The SMILES string of the molecule is Cn1cc(C(C)(O)CNCc2ccc(-c3ccc(Cl)cc3)o2)cn1. The number of aromatic nitrogens is 2. The number of aliphatic hydroxyl groups is 1. The van der Waals surface area contributed by atoms with Crippen molar-refractivity contribution in [2.75, 3.05) is 6.54 Å². The van der Waals surface area contributed by atoms with Gasteiger partial charge in [-0.15, -0.1) is 0 Å². The van der Waals surface area contributed by atoms with Gasteiger partial charge >= 0.3 is 0 Å². The van der Waals surface area contributed by atoms with Gasteiger partial charge in [0.2, 0.25) is 0 Å². The van der Waals surface area contributed by atoms with E-state index in [9.17, 15) is 5.11 Å². The van der Waals surface area contributed by atoms with Crippen molar-refractivity contribution in [2.45, 2.75) is 19.1 Å². The molecule has 0 amide bonds. The molecular formula is C18H20ClN3O2. The third-order valence-corrected chi connectivity index (χ3v) is 4.14. The number of benzene rings is 1. The molecule has 0 aliphatic carbocycles. The van der Waals surface area contributed by atoms with E-state index >= 15 is 0 Å². The molecule has 126 valence electrons. The van der Waals surface area contributed by atoms with Crippen molar-refractivity contribution < 1.29 is 9.52 Å². The summed E-state index contributed by atoms with van der Waals surface area (Å²) >= 11 is 5.90. The van der Waals surface area contributed by atoms with E-state index in [-0.39, 0.29) is 0 Å². The molecule has 1 atom stereocenters. The van der Waals surface area contributed by atoms with Crippen molar-refractivity contribution in [1.29, 1.82) is 0 Å². The van der Waals surface area contributed by atoms with E-state index in [2.05, 4.69) is 10.4 Å². The first-order chi connectivity index (χ1) is 11.4. The number of halogens is 1. The van der Waals surface area contributed by atoms with Gasteiger partial charge in [-0.25, -0.2) is 0 Å². The molecule has 0 spiro atoms. The second kappa shape index (κ2) is 6.81. The predicted molar refractivity (Wildman–Crippen MR) is 93.6 cm³/mol. The van der Waals surface area contributed by atoms with Gasteiger partial charge in [0.15, 0.2) is 0 Å². The monoisotopic (exact) mass is 345 g/mol. The fraction of sp³-hybridized carbons (Fsp3) is 0.278. The molecule has 0 bridgehead atoms. The van der Waals surface area contributed by atoms with Crippen molar-refractivity contribution in [1.82, 2.24) is 15.1 Å². The molecule has 2 N–H and O–H groups in total. The molecule has 3 rings (SSSR count). The standard InChI is InChI=1S/C18H20ClN3O2/c1-18(23,14-9-21-22(2)11-14)12-20-10-16-7-8-17(24-16)13-3-5-15(19)6-4-13/h3-9,11,20,23H,10,12H2,1-2H3. The number of nitrogens with one attached hydrogen (secondary N) is 1. The van der Waals surface area contributed by atoms with Crippen LogP contribution in [0.3, 0.4) is 0 Å². The highest BCUT2D eigenvalue weighted by atomic mass is 35.5. The molecule has 0 saturated carbocycles. The van der Waals surface area contributed by atoms with E-state index in [0.717, 1.165) is 22.6 Å². The highest BCUT2D eigenvalue weighted by Crippen LogP contribution is 2.24. The molecule has 0 aliphatic rings. The van der Waals surface area contributed by atoms with Crippen LogP contribution in [0.5, 0.6) is 0 Å². The van der Waals surface area contributed by atoms with Crippen molar-refractivity contribution in [3.8, 4) is 11.3 Å². The normalized spacial score (nSPS) is 13.8. The van der Waals surface area contributed by atoms with E-state index in [4.69, 9.17) is 16.0 Å². The molecule has 2 aromatic heterocycles. The molecular weight excluding hydrogens is 326 g/mol. The fourth-order valence-corrected chi connectivity index (χ4v) is 2.60. The lowest BCUT2D eigenvalue weighted by atomic mass is 10.00. The highest BCUT2D eigenvalue weighted by Gasteiger charge is 2.24. The minimum absolute atomic E-state index is 0.398. The minimum atomic E-state index is -0.986. The highest BCUT2D eigenvalue weighted by molar-refractivity contribution is 6.30. The van der Waals surface area contributed by atoms with Gasteiger partial charge < -0.3 is 14.8 Å². The Morgan fingerprint density at radius 1 is 1.25 bits per heavy atom. The molecule has 24 heavy (non-hydrogen) atoms. The third-order valence-electron chi connectivity index (χ3n) is 3.89. The van der Waals surface area contributed by atoms with Gasteiger partial charge in [0.1, 0.15) is 17.1 Å². The van der Waals surface area contributed by atoms with Crippen LogP contribution in [0.1, 0.15) is 18.2 Å². The molecule has 0 fully saturated rings. The van der Waals surface area contributed by atoms with Gasteiger partial charge in [-0.05, 0) is 43.3 Å². The molecule has 3 aromatic rings. The van der Waals surface area contributed by atoms with Crippen LogP contribution in [0.4, 0.5) is 0 Å². The van der Waals surface area contributed by atoms with Crippen molar-refractivity contribution in [3.63, 3.8) is 0 Å². The smallest absolute Gasteiger partial charge is 0.134 e. The van der Waals surface area contributed by atoms with Crippen molar-refractivity contribution >= 4 is 11.6 Å². The van der Waals surface area contributed by atoms with Gasteiger partial charge in [-0.3, -0.25) is 4.68 Å². The van der Waals surface area contributed by atoms with E-state index in [1.807, 2.05) is 49.6 Å². The third kappa shape index (κ3) is 3.87. The fourth-order valence-electron chi connectivity index (χ4n) is 2.47. The summed E-state index contributed by atoms with van der Waals surface area (Å²) in [6, 6.07) is 11.4. The van der Waals surface area contributed by atoms with Crippen LogP contribution < -0.4 is 5.32 Å². The lowest BCUT2D eigenvalue weighted by Crippen LogP contribution is -2.34. The molecule has 1 unspecified atom stereocenters. The van der Waals surface area contributed by atoms with E-state index in [1.165, 1.54) is 0 Å². The summed E-state index contributed by atoms with van der Waals surface area (Å²) in [5, 5.41) is 18.5. The predicted octanol–water partition coefficient (Wildman–Crippen LogP) is 3.33. The number of hydrogen-bond donors (Lipinski definition) is 2. The first-order valence-electron chi connectivity index (χ1n) is 7.71. The zero-order valence-electron chi connectivity index (χ0n) is 13.7. The second-order valence-electron chi connectivity index (χ2n) is 6.05. The van der Waals surface area contributed by atoms with Gasteiger partial charge in [0.05, 0.1) is 12.7 Å². The summed E-state index contributed by atoms with van der Waals surface area (Å²) in [6.07, 6.45) is 3.49. The van der Waals surface area contributed by atoms with Gasteiger partial charge in [-0.1, -0.05) is 11.6 Å². The Bertz CT molecular complexity index is 806. The maximum atomic E-state index is 10.5. The molecule has 0 aliphatic heterocycles. The van der Waals surface area contributed by atoms with E-state index in [1.54, 1.807) is 17.8 Å². The number of hydrogen-bond acceptors (Lipinski definition) is 4. The topological polar surface area (TPSA) is 63.2 Å². The van der Waals surface area contributed by atoms with Crippen LogP contribution in [0.2, 0.25) is 5.02 Å². The van der Waals surface area contributed by atoms with Gasteiger partial charge in [-0.2, -0.15) is 5.10 Å². The van der Waals surface area contributed by atoms with Crippen LogP contribution in [0.25, 0.3) is 11.3 Å². The summed E-state index contributed by atoms with van der Waals surface area (Å²) in [7, 11) is 1.83. The average Bonchev–Trinajstić information content (AvgIpc) is 3.17. The molecule has 5 nitrogen and oxygen atoms in total. The number of furan rings is 1. The summed E-state index contributed by atoms with van der Waals surface area (Å²) in [5.74, 6) is 1.60. The molecule has 0 radical (unpaired) electrons. The van der Waals surface area contributed by atoms with Gasteiger partial charge in [0, 0.05) is 35.9 Å². The summed E-state index contributed by atoms with van der Waals surface area (Å²) in [4.78, 5) is 0. The first kappa shape index (κ1) is 16.8. The summed E-state index contributed by atoms with van der Waals surface area (Å²) in [5.41, 5.74) is 0.770. The quantitative estimate of drug-likeness (QED) is 0.719. The minimum Gasteiger partial charge on any atom is -0.460 e. The maximum Gasteiger partial charge on any atom is 0.134 e. The van der Waals surface area contributed by atoms with Crippen LogP contribution in [0.15, 0.2) is 53.2 Å². The molecule has 6 heteroatoms. The van der Waals surface area contributed by atoms with E-state index < -0.39 is 5.60 Å². The largest absolute Gasteiger partial charge is 0.460 e. The van der Waals surface area contributed by atoms with Crippen molar-refractivity contribution in [3.05, 3.63) is 65.1 Å². The van der Waals surface area contributed by atoms with Crippen LogP contribution in [0, 0.1) is 0 Å². The van der Waals surface area contributed by atoms with Gasteiger partial charge in [0.25, 0.3) is 0 Å². The Balaban J connectivity index is 1.58. The zero-order valence-corrected chi connectivity index (χ0v) is 14.4. The summed E-state index contributed by atoms with van der Waals surface area (Å²) in [6.45, 7) is 2.69. The van der Waals surface area contributed by atoms with Crippen molar-refractivity contribution in [2.24, 2.45) is 7.05 Å². The number of aryl methyl sites for hydroxylation is 1. The molecule has 2 heterocycles. The Kier molecular flexibility index (Phi) is 4.76. The van der Waals surface area contributed by atoms with Crippen LogP contribution in [-0.4, -0.2) is 21.4 Å². The second-order valence-corrected chi connectivity index (χ2v) is 6.49. The maximum absolute atomic E-state index is 10.5. The Morgan fingerprint density at radius 3 is 2.67 bits per heavy atom. The van der Waals surface area contributed by atoms with E-state index in [0.29, 0.717) is 18.1 Å². The van der Waals surface area contributed by atoms with Crippen LogP contribution >= 0.6 is 11.6 Å². The number of nitrogens with zero attached hydrogens (tertiary/aromatic N) is 2. The van der Waals surface area contributed by atoms with Crippen LogP contribution in [-0.2, 0) is 19.2 Å². The summed E-state index contributed by atoms with van der Waals surface area (Å²) < 4.78 is 7.51. The Morgan fingerprint density at radius 2 is 2.00 bits per heavy atom. The molecule has 0 saturated heterocycles. The lowest BCUT2D eigenvalue weighted by molar-refractivity contribution is 0.0561. The number of rotatable bonds is 6. The first-order valence-corrected chi connectivity index (χ1v) is 8.09. The molecule has 1 aromatic carbocycles. The lowest BCUT2D eigenvalue weighted by Gasteiger charge is -2.22. The zero-order chi connectivity index (χ0) is 17.2. The Hall–Kier alpha value is -2.08. The average molecular weight is 346 g/mol. The Labute approximate surface area is 145 Å².